The van der Waals surface area contributed by atoms with Crippen LogP contribution in [-0.2, 0) is 17.8 Å². The number of nitrogens with zero attached hydrogens (tertiary/aromatic N) is 5. The summed E-state index contributed by atoms with van der Waals surface area (Å²) < 4.78 is 7.34. The highest BCUT2D eigenvalue weighted by Crippen LogP contribution is 2.20. The van der Waals surface area contributed by atoms with Crippen LogP contribution in [0.25, 0.3) is 0 Å². The molecule has 140 valence electrons. The third kappa shape index (κ3) is 4.13. The molecule has 2 aliphatic heterocycles. The average molecular weight is 358 g/mol. The number of hydrogen-bond donors (Lipinski definition) is 1. The molecule has 0 bridgehead atoms. The van der Waals surface area contributed by atoms with Gasteiger partial charge in [-0.2, -0.15) is 0 Å². The summed E-state index contributed by atoms with van der Waals surface area (Å²) in [5.41, 5.74) is 1.69. The van der Waals surface area contributed by atoms with Crippen LogP contribution in [0, 0.1) is 5.92 Å². The zero-order valence-electron chi connectivity index (χ0n) is 15.0. The Morgan fingerprint density at radius 1 is 1.23 bits per heavy atom. The van der Waals surface area contributed by atoms with Gasteiger partial charge in [-0.15, -0.1) is 5.10 Å². The van der Waals surface area contributed by atoms with E-state index in [0.717, 1.165) is 71.0 Å². The number of piperidine rings is 1. The van der Waals surface area contributed by atoms with Gasteiger partial charge in [0.1, 0.15) is 5.69 Å². The number of aromatic amines is 1. The summed E-state index contributed by atoms with van der Waals surface area (Å²) >= 11 is 0. The van der Waals surface area contributed by atoms with Crippen molar-refractivity contribution in [3.05, 3.63) is 35.9 Å². The van der Waals surface area contributed by atoms with Crippen LogP contribution in [0.5, 0.6) is 0 Å². The number of ether oxygens (including phenoxy) is 1. The van der Waals surface area contributed by atoms with E-state index in [-0.39, 0.29) is 5.91 Å². The molecule has 2 saturated heterocycles. The Balaban J connectivity index is 1.25. The molecular formula is C18H26N6O2. The highest BCUT2D eigenvalue weighted by Gasteiger charge is 2.24. The quantitative estimate of drug-likeness (QED) is 0.862. The highest BCUT2D eigenvalue weighted by atomic mass is 16.5. The summed E-state index contributed by atoms with van der Waals surface area (Å²) in [4.78, 5) is 19.7. The summed E-state index contributed by atoms with van der Waals surface area (Å²) in [7, 11) is 0. The van der Waals surface area contributed by atoms with Gasteiger partial charge in [-0.25, -0.2) is 0 Å². The molecule has 8 heteroatoms. The van der Waals surface area contributed by atoms with Crippen LogP contribution in [0.3, 0.4) is 0 Å². The normalized spacial score (nSPS) is 19.8. The van der Waals surface area contributed by atoms with E-state index in [1.165, 1.54) is 0 Å². The van der Waals surface area contributed by atoms with E-state index >= 15 is 0 Å². The van der Waals surface area contributed by atoms with Gasteiger partial charge in [0.15, 0.2) is 0 Å². The van der Waals surface area contributed by atoms with Crippen molar-refractivity contribution in [1.82, 2.24) is 29.8 Å². The first-order valence-electron chi connectivity index (χ1n) is 9.40. The lowest BCUT2D eigenvalue weighted by Crippen LogP contribution is -2.39. The maximum atomic E-state index is 12.4. The van der Waals surface area contributed by atoms with Gasteiger partial charge in [0.05, 0.1) is 18.9 Å². The lowest BCUT2D eigenvalue weighted by atomic mass is 9.96. The minimum atomic E-state index is 0.0991. The number of likely N-dealkylation sites (tertiary alicyclic amines) is 1. The second-order valence-corrected chi connectivity index (χ2v) is 7.14. The summed E-state index contributed by atoms with van der Waals surface area (Å²) in [5, 5.41) is 8.61. The predicted molar refractivity (Wildman–Crippen MR) is 95.5 cm³/mol. The molecule has 8 nitrogen and oxygen atoms in total. The van der Waals surface area contributed by atoms with E-state index in [4.69, 9.17) is 4.74 Å². The van der Waals surface area contributed by atoms with E-state index in [9.17, 15) is 4.79 Å². The van der Waals surface area contributed by atoms with Crippen molar-refractivity contribution in [3.63, 3.8) is 0 Å². The smallest absolute Gasteiger partial charge is 0.270 e. The van der Waals surface area contributed by atoms with Gasteiger partial charge >= 0.3 is 0 Å². The highest BCUT2D eigenvalue weighted by molar-refractivity contribution is 5.92. The lowest BCUT2D eigenvalue weighted by molar-refractivity contribution is 0.0336. The largest absolute Gasteiger partial charge is 0.379 e. The van der Waals surface area contributed by atoms with Crippen molar-refractivity contribution >= 4 is 5.91 Å². The maximum absolute atomic E-state index is 12.4. The minimum absolute atomic E-state index is 0.0991. The fraction of sp³-hybridized carbons (Fsp3) is 0.611. The molecule has 0 unspecified atom stereocenters. The molecule has 0 atom stereocenters. The van der Waals surface area contributed by atoms with Gasteiger partial charge < -0.3 is 14.6 Å². The number of amides is 1. The summed E-state index contributed by atoms with van der Waals surface area (Å²) in [6.07, 6.45) is 5.86. The molecule has 2 aromatic rings. The molecule has 2 aromatic heterocycles. The number of rotatable bonds is 5. The summed E-state index contributed by atoms with van der Waals surface area (Å²) in [6.45, 7) is 6.84. The van der Waals surface area contributed by atoms with Crippen LogP contribution < -0.4 is 0 Å². The lowest BCUT2D eigenvalue weighted by Gasteiger charge is -2.31. The molecule has 4 heterocycles. The van der Waals surface area contributed by atoms with Gasteiger partial charge in [0.25, 0.3) is 5.91 Å². The van der Waals surface area contributed by atoms with Crippen LogP contribution in [0.4, 0.5) is 0 Å². The molecule has 2 aliphatic rings. The first-order valence-corrected chi connectivity index (χ1v) is 9.40. The van der Waals surface area contributed by atoms with Crippen LogP contribution in [0.15, 0.2) is 24.5 Å². The van der Waals surface area contributed by atoms with Crippen LogP contribution >= 0.6 is 0 Å². The van der Waals surface area contributed by atoms with Crippen molar-refractivity contribution in [1.29, 1.82) is 0 Å². The second kappa shape index (κ2) is 8.01. The molecular weight excluding hydrogens is 332 g/mol. The number of H-pyrrole nitrogens is 1. The topological polar surface area (TPSA) is 79.3 Å². The van der Waals surface area contributed by atoms with Crippen LogP contribution in [0.2, 0.25) is 0 Å². The number of nitrogens with one attached hydrogen (secondary N) is 1. The summed E-state index contributed by atoms with van der Waals surface area (Å²) in [6, 6.07) is 3.69. The number of carbonyl (C=O) groups is 1. The number of hydrogen-bond acceptors (Lipinski definition) is 5. The van der Waals surface area contributed by atoms with E-state index in [2.05, 4.69) is 26.4 Å². The van der Waals surface area contributed by atoms with Gasteiger partial charge in [0, 0.05) is 51.7 Å². The minimum Gasteiger partial charge on any atom is -0.379 e. The fourth-order valence-electron chi connectivity index (χ4n) is 3.71. The van der Waals surface area contributed by atoms with Crippen LogP contribution in [0.1, 0.15) is 29.0 Å². The average Bonchev–Trinajstić information content (AvgIpc) is 3.35. The third-order valence-corrected chi connectivity index (χ3v) is 5.25. The van der Waals surface area contributed by atoms with E-state index < -0.39 is 0 Å². The Morgan fingerprint density at radius 2 is 2.04 bits per heavy atom. The Morgan fingerprint density at radius 3 is 2.77 bits per heavy atom. The molecule has 0 aliphatic carbocycles. The molecule has 0 aromatic carbocycles. The van der Waals surface area contributed by atoms with Gasteiger partial charge in [-0.3, -0.25) is 14.4 Å². The molecule has 1 amide bonds. The maximum Gasteiger partial charge on any atom is 0.270 e. The second-order valence-electron chi connectivity index (χ2n) is 7.14. The standard InChI is InChI=1S/C18H26N6O2/c25-18(17-2-1-5-19-17)23-6-3-15(4-7-23)12-24-14-16(20-21-24)13-22-8-10-26-11-9-22/h1-2,5,14-15,19H,3-4,6-13H2. The van der Waals surface area contributed by atoms with Crippen molar-refractivity contribution in [2.75, 3.05) is 39.4 Å². The first-order chi connectivity index (χ1) is 12.8. The first kappa shape index (κ1) is 17.2. The van der Waals surface area contributed by atoms with Crippen LogP contribution in [-0.4, -0.2) is 75.1 Å². The predicted octanol–water partition coefficient (Wildman–Crippen LogP) is 0.991. The van der Waals surface area contributed by atoms with Crippen molar-refractivity contribution in [2.45, 2.75) is 25.9 Å². The van der Waals surface area contributed by atoms with Gasteiger partial charge in [0.2, 0.25) is 0 Å². The number of morpholine rings is 1. The van der Waals surface area contributed by atoms with Crippen molar-refractivity contribution in [2.24, 2.45) is 5.92 Å². The Hall–Kier alpha value is -2.19. The van der Waals surface area contributed by atoms with Crippen molar-refractivity contribution < 1.29 is 9.53 Å². The van der Waals surface area contributed by atoms with E-state index in [1.807, 2.05) is 21.7 Å². The van der Waals surface area contributed by atoms with E-state index in [1.54, 1.807) is 6.20 Å². The SMILES string of the molecule is O=C(c1ccc[nH]1)N1CCC(Cn2cc(CN3CCOCC3)nn2)CC1. The Kier molecular flexibility index (Phi) is 5.31. The number of carbonyl (C=O) groups excluding carboxylic acids is 1. The molecule has 26 heavy (non-hydrogen) atoms. The van der Waals surface area contributed by atoms with Crippen molar-refractivity contribution in [3.8, 4) is 0 Å². The molecule has 0 radical (unpaired) electrons. The van der Waals surface area contributed by atoms with E-state index in [0.29, 0.717) is 11.6 Å². The fourth-order valence-corrected chi connectivity index (χ4v) is 3.71. The number of aromatic nitrogens is 4. The Bertz CT molecular complexity index is 699. The third-order valence-electron chi connectivity index (χ3n) is 5.25. The van der Waals surface area contributed by atoms with Gasteiger partial charge in [-0.1, -0.05) is 5.21 Å². The molecule has 2 fully saturated rings. The monoisotopic (exact) mass is 358 g/mol. The molecule has 4 rings (SSSR count). The molecule has 0 spiro atoms. The summed E-state index contributed by atoms with van der Waals surface area (Å²) in [5.74, 6) is 0.641. The molecule has 0 saturated carbocycles. The zero-order valence-corrected chi connectivity index (χ0v) is 15.0. The molecule has 1 N–H and O–H groups in total. The van der Waals surface area contributed by atoms with Gasteiger partial charge in [-0.05, 0) is 30.9 Å². The Labute approximate surface area is 153 Å². The zero-order chi connectivity index (χ0) is 17.8.